The average molecular weight is 581 g/mol. The van der Waals surface area contributed by atoms with Crippen molar-refractivity contribution in [3.8, 4) is 11.5 Å². The Morgan fingerprint density at radius 1 is 0.595 bits per heavy atom. The molecule has 0 heterocycles. The normalized spacial score (nSPS) is 17.8. The van der Waals surface area contributed by atoms with Gasteiger partial charge in [0.05, 0.1) is 22.3 Å². The van der Waals surface area contributed by atoms with Crippen molar-refractivity contribution in [1.82, 2.24) is 4.90 Å². The maximum absolute atomic E-state index is 13.3. The highest BCUT2D eigenvalue weighted by Crippen LogP contribution is 2.44. The van der Waals surface area contributed by atoms with E-state index in [2.05, 4.69) is 0 Å². The lowest BCUT2D eigenvalue weighted by Crippen LogP contribution is -2.32. The van der Waals surface area contributed by atoms with E-state index < -0.39 is 62.6 Å². The van der Waals surface area contributed by atoms with E-state index in [1.807, 2.05) is 65.2 Å². The van der Waals surface area contributed by atoms with Gasteiger partial charge in [0.15, 0.2) is 5.78 Å². The molecule has 0 unspecified atom stereocenters. The molecule has 1 aromatic carbocycles. The van der Waals surface area contributed by atoms with E-state index in [0.29, 0.717) is 37.6 Å². The van der Waals surface area contributed by atoms with Crippen LogP contribution in [0.4, 0.5) is 5.69 Å². The number of aliphatic hydroxyl groups is 2. The number of allylic oxidation sites excluding steroid dienone is 5. The number of phenolic OH excluding ortho intramolecular Hbond substituents is 2. The van der Waals surface area contributed by atoms with Gasteiger partial charge in [-0.3, -0.25) is 14.4 Å². The molecule has 228 valence electrons. The molecule has 1 aromatic rings. The van der Waals surface area contributed by atoms with Crippen LogP contribution in [0.1, 0.15) is 61.0 Å². The monoisotopic (exact) mass is 580 g/mol. The molecule has 0 fully saturated rings. The minimum absolute atomic E-state index is 0.271. The van der Waals surface area contributed by atoms with Crippen molar-refractivity contribution in [2.45, 2.75) is 55.4 Å². The Labute approximate surface area is 248 Å². The largest absolute Gasteiger partial charge is 0.507 e. The number of nitrogens with zero attached hydrogens (tertiary/aromatic N) is 2. The summed E-state index contributed by atoms with van der Waals surface area (Å²) in [5.74, 6) is -4.50. The van der Waals surface area contributed by atoms with Crippen LogP contribution in [-0.2, 0) is 14.4 Å². The van der Waals surface area contributed by atoms with Gasteiger partial charge in [-0.25, -0.2) is 0 Å². The first-order chi connectivity index (χ1) is 19.5. The third kappa shape index (κ3) is 6.89. The average Bonchev–Trinajstić information content (AvgIpc) is 3.05. The van der Waals surface area contributed by atoms with E-state index in [1.54, 1.807) is 0 Å². The fourth-order valence-corrected chi connectivity index (χ4v) is 5.42. The number of hydrogen-bond acceptors (Lipinski definition) is 9. The summed E-state index contributed by atoms with van der Waals surface area (Å²) in [5, 5.41) is 44.0. The summed E-state index contributed by atoms with van der Waals surface area (Å²) in [7, 11) is 0. The van der Waals surface area contributed by atoms with Crippen LogP contribution in [-0.4, -0.2) is 68.9 Å². The minimum atomic E-state index is -1.21. The van der Waals surface area contributed by atoms with Crippen molar-refractivity contribution in [3.05, 3.63) is 58.2 Å². The maximum Gasteiger partial charge on any atom is 0.238 e. The van der Waals surface area contributed by atoms with Gasteiger partial charge in [-0.05, 0) is 23.7 Å². The molecule has 9 nitrogen and oxygen atoms in total. The second kappa shape index (κ2) is 12.9. The van der Waals surface area contributed by atoms with Gasteiger partial charge in [-0.2, -0.15) is 0 Å². The summed E-state index contributed by atoms with van der Waals surface area (Å²) < 4.78 is 0. The van der Waals surface area contributed by atoms with Gasteiger partial charge in [0.2, 0.25) is 11.6 Å². The number of rotatable bonds is 11. The van der Waals surface area contributed by atoms with Crippen LogP contribution in [0.5, 0.6) is 11.5 Å². The number of anilines is 1. The molecule has 0 saturated carbocycles. The summed E-state index contributed by atoms with van der Waals surface area (Å²) in [6.07, 6.45) is 2.62. The lowest BCUT2D eigenvalue weighted by atomic mass is 9.94. The van der Waals surface area contributed by atoms with Crippen molar-refractivity contribution in [2.24, 2.45) is 23.7 Å². The van der Waals surface area contributed by atoms with Gasteiger partial charge in [0, 0.05) is 61.8 Å². The molecule has 0 aliphatic heterocycles. The molecular weight excluding hydrogens is 536 g/mol. The molecular formula is C33H44N2O7. The minimum Gasteiger partial charge on any atom is -0.507 e. The predicted octanol–water partition coefficient (Wildman–Crippen LogP) is 5.46. The highest BCUT2D eigenvalue weighted by molar-refractivity contribution is 6.63. The summed E-state index contributed by atoms with van der Waals surface area (Å²) in [5.41, 5.74) is -1.23. The van der Waals surface area contributed by atoms with Gasteiger partial charge < -0.3 is 30.2 Å². The predicted molar refractivity (Wildman–Crippen MR) is 163 cm³/mol. The molecule has 0 aromatic heterocycles. The van der Waals surface area contributed by atoms with Crippen LogP contribution < -0.4 is 4.90 Å². The second-order valence-corrected chi connectivity index (χ2v) is 12.8. The SMILES string of the molecule is CC(C)CN(CC(C)C)C1=CC(=O)/C(=C2/C(=O)C(=O)C(c3c(O)cc(N(CC(C)C)CC(C)C)cc3O)=C2O)C(O)=C1. The highest BCUT2D eigenvalue weighted by atomic mass is 16.3. The van der Waals surface area contributed by atoms with Gasteiger partial charge in [-0.1, -0.05) is 55.4 Å². The zero-order valence-corrected chi connectivity index (χ0v) is 25.9. The third-order valence-electron chi connectivity index (χ3n) is 6.85. The molecule has 2 aliphatic carbocycles. The molecule has 0 amide bonds. The number of carbonyl (C=O) groups is 3. The Hall–Kier alpha value is -4.01. The molecule has 2 aliphatic rings. The highest BCUT2D eigenvalue weighted by Gasteiger charge is 2.43. The number of ketones is 3. The molecule has 4 N–H and O–H groups in total. The number of aromatic hydroxyl groups is 2. The Balaban J connectivity index is 2.11. The molecule has 0 spiro atoms. The third-order valence-corrected chi connectivity index (χ3v) is 6.85. The zero-order chi connectivity index (χ0) is 31.6. The van der Waals surface area contributed by atoms with Crippen LogP contribution in [0.15, 0.2) is 52.6 Å². The van der Waals surface area contributed by atoms with Crippen LogP contribution in [0.2, 0.25) is 0 Å². The summed E-state index contributed by atoms with van der Waals surface area (Å²) in [6.45, 7) is 18.9. The van der Waals surface area contributed by atoms with Crippen molar-refractivity contribution in [2.75, 3.05) is 31.1 Å². The fourth-order valence-electron chi connectivity index (χ4n) is 5.42. The quantitative estimate of drug-likeness (QED) is 0.199. The standard InChI is InChI=1S/C33H44N2O7/c1-17(2)13-34(14-18(3)4)21-9-23(36)27(24(37)10-21)29-31(40)30(33(42)32(29)41)28-25(38)11-22(12-26(28)39)35(15-19(5)6)16-20(7)8/h9-12,17-20,36-38,40H,13-16H2,1-8H3/b30-28+. The molecule has 0 saturated heterocycles. The maximum atomic E-state index is 13.3. The van der Waals surface area contributed by atoms with E-state index in [9.17, 15) is 34.8 Å². The van der Waals surface area contributed by atoms with Crippen molar-refractivity contribution < 1.29 is 34.8 Å². The van der Waals surface area contributed by atoms with Crippen molar-refractivity contribution >= 4 is 28.6 Å². The number of carbonyl (C=O) groups excluding carboxylic acids is 3. The summed E-state index contributed by atoms with van der Waals surface area (Å²) >= 11 is 0. The van der Waals surface area contributed by atoms with Gasteiger partial charge in [-0.15, -0.1) is 0 Å². The van der Waals surface area contributed by atoms with E-state index >= 15 is 0 Å². The lowest BCUT2D eigenvalue weighted by Gasteiger charge is -2.31. The number of aliphatic hydroxyl groups excluding tert-OH is 2. The first-order valence-electron chi connectivity index (χ1n) is 14.5. The van der Waals surface area contributed by atoms with E-state index in [4.69, 9.17) is 0 Å². The first-order valence-corrected chi connectivity index (χ1v) is 14.5. The Morgan fingerprint density at radius 3 is 1.45 bits per heavy atom. The van der Waals surface area contributed by atoms with Crippen LogP contribution >= 0.6 is 0 Å². The molecule has 3 rings (SSSR count). The Kier molecular flexibility index (Phi) is 9.97. The molecule has 0 atom stereocenters. The van der Waals surface area contributed by atoms with Crippen LogP contribution in [0.3, 0.4) is 0 Å². The summed E-state index contributed by atoms with van der Waals surface area (Å²) in [4.78, 5) is 43.5. The number of Topliss-reactive ketones (excluding diaryl/α,β-unsaturated/α-hetero) is 2. The number of phenols is 2. The molecule has 9 heteroatoms. The fraction of sp³-hybridized carbons (Fsp3) is 0.485. The van der Waals surface area contributed by atoms with Gasteiger partial charge in [0.25, 0.3) is 0 Å². The molecule has 0 radical (unpaired) electrons. The number of benzene rings is 1. The molecule has 42 heavy (non-hydrogen) atoms. The molecule has 0 bridgehead atoms. The van der Waals surface area contributed by atoms with E-state index in [-0.39, 0.29) is 23.7 Å². The lowest BCUT2D eigenvalue weighted by molar-refractivity contribution is -0.130. The van der Waals surface area contributed by atoms with E-state index in [0.717, 1.165) is 0 Å². The first kappa shape index (κ1) is 32.5. The van der Waals surface area contributed by atoms with Crippen molar-refractivity contribution in [3.63, 3.8) is 0 Å². The van der Waals surface area contributed by atoms with Crippen molar-refractivity contribution in [1.29, 1.82) is 0 Å². The number of hydrogen-bond donors (Lipinski definition) is 4. The van der Waals surface area contributed by atoms with Gasteiger partial charge >= 0.3 is 0 Å². The van der Waals surface area contributed by atoms with Gasteiger partial charge in [0.1, 0.15) is 23.0 Å². The summed E-state index contributed by atoms with van der Waals surface area (Å²) in [6, 6.07) is 2.75. The smallest absolute Gasteiger partial charge is 0.238 e. The Morgan fingerprint density at radius 2 is 1.02 bits per heavy atom. The zero-order valence-electron chi connectivity index (χ0n) is 25.9. The topological polar surface area (TPSA) is 139 Å². The van der Waals surface area contributed by atoms with Crippen LogP contribution in [0.25, 0.3) is 5.57 Å². The van der Waals surface area contributed by atoms with Crippen LogP contribution in [0, 0.1) is 23.7 Å². The second-order valence-electron chi connectivity index (χ2n) is 12.8. The Bertz CT molecular complexity index is 1350. The van der Waals surface area contributed by atoms with E-state index in [1.165, 1.54) is 24.3 Å².